The van der Waals surface area contributed by atoms with Crippen LogP contribution in [0.5, 0.6) is 11.5 Å². The number of hydrogen-bond donors (Lipinski definition) is 1. The Bertz CT molecular complexity index is 1930. The van der Waals surface area contributed by atoms with E-state index >= 15 is 0 Å². The number of ether oxygens (including phenoxy) is 1. The first-order valence-electron chi connectivity index (χ1n) is 12.1. The van der Waals surface area contributed by atoms with Crippen molar-refractivity contribution in [2.45, 2.75) is 0 Å². The van der Waals surface area contributed by atoms with Gasteiger partial charge in [0.25, 0.3) is 11.5 Å². The molecule has 0 unspecified atom stereocenters. The lowest BCUT2D eigenvalue weighted by Gasteiger charge is -2.12. The van der Waals surface area contributed by atoms with Gasteiger partial charge in [-0.1, -0.05) is 0 Å². The van der Waals surface area contributed by atoms with E-state index in [9.17, 15) is 14.0 Å². The van der Waals surface area contributed by atoms with Gasteiger partial charge in [-0.2, -0.15) is 5.10 Å². The van der Waals surface area contributed by atoms with E-state index < -0.39 is 17.3 Å². The molecule has 0 saturated carbocycles. The number of fused-ring (bicyclic) bond motifs is 1. The van der Waals surface area contributed by atoms with Crippen LogP contribution in [-0.4, -0.2) is 29.6 Å². The standard InChI is InChI=1S/C29H20FIN6O3/c1-35-16-24(32-17-35)18-14-26(25-10-12-33-37(25)15-18)40-22-8-4-20(5-9-22)34-28(38)27-23(31)11-13-36(29(27)39)21-6-2-19(30)3-7-21/h2-17H,1H3,(H,34,38). The lowest BCUT2D eigenvalue weighted by Crippen LogP contribution is -2.29. The van der Waals surface area contributed by atoms with Gasteiger partial charge in [-0.25, -0.2) is 13.9 Å². The molecule has 4 aromatic heterocycles. The molecule has 11 heteroatoms. The van der Waals surface area contributed by atoms with Gasteiger partial charge in [0.05, 0.1) is 18.2 Å². The molecule has 0 radical (unpaired) electrons. The summed E-state index contributed by atoms with van der Waals surface area (Å²) >= 11 is 1.95. The van der Waals surface area contributed by atoms with Crippen molar-refractivity contribution in [1.29, 1.82) is 0 Å². The predicted molar refractivity (Wildman–Crippen MR) is 157 cm³/mol. The summed E-state index contributed by atoms with van der Waals surface area (Å²) in [5.41, 5.74) is 2.85. The molecule has 0 saturated heterocycles. The molecule has 0 aliphatic rings. The monoisotopic (exact) mass is 646 g/mol. The summed E-state index contributed by atoms with van der Waals surface area (Å²) in [5, 5.41) is 7.12. The minimum absolute atomic E-state index is 0.0118. The van der Waals surface area contributed by atoms with Crippen LogP contribution in [0.4, 0.5) is 10.1 Å². The Balaban J connectivity index is 1.23. The number of hydrogen-bond acceptors (Lipinski definition) is 5. The first kappa shape index (κ1) is 25.5. The van der Waals surface area contributed by atoms with Gasteiger partial charge in [-0.15, -0.1) is 0 Å². The predicted octanol–water partition coefficient (Wildman–Crippen LogP) is 5.67. The summed E-state index contributed by atoms with van der Waals surface area (Å²) in [6, 6.07) is 17.7. The van der Waals surface area contributed by atoms with Crippen molar-refractivity contribution in [2.75, 3.05) is 5.32 Å². The van der Waals surface area contributed by atoms with Crippen molar-refractivity contribution in [1.82, 2.24) is 23.7 Å². The summed E-state index contributed by atoms with van der Waals surface area (Å²) in [7, 11) is 1.90. The molecule has 0 spiro atoms. The molecule has 6 aromatic rings. The molecule has 1 amide bonds. The van der Waals surface area contributed by atoms with Gasteiger partial charge in [0, 0.05) is 46.1 Å². The number of aryl methyl sites for hydroxylation is 1. The number of amides is 1. The van der Waals surface area contributed by atoms with E-state index in [2.05, 4.69) is 15.4 Å². The molecule has 0 fully saturated rings. The van der Waals surface area contributed by atoms with Gasteiger partial charge in [-0.05, 0) is 89.3 Å². The number of benzene rings is 2. The fourth-order valence-corrected chi connectivity index (χ4v) is 4.87. The summed E-state index contributed by atoms with van der Waals surface area (Å²) in [6.07, 6.45) is 8.77. The third-order valence-corrected chi connectivity index (χ3v) is 7.08. The minimum atomic E-state index is -0.552. The Morgan fingerprint density at radius 3 is 2.52 bits per heavy atom. The zero-order valence-electron chi connectivity index (χ0n) is 21.0. The van der Waals surface area contributed by atoms with Crippen molar-refractivity contribution >= 4 is 39.7 Å². The maximum absolute atomic E-state index is 13.3. The smallest absolute Gasteiger partial charge is 0.269 e. The second-order valence-electron chi connectivity index (χ2n) is 8.95. The average molecular weight is 646 g/mol. The third kappa shape index (κ3) is 4.98. The van der Waals surface area contributed by atoms with E-state index in [0.717, 1.165) is 16.8 Å². The molecule has 0 aliphatic heterocycles. The number of halogens is 2. The summed E-state index contributed by atoms with van der Waals surface area (Å²) in [4.78, 5) is 30.7. The molecule has 2 aromatic carbocycles. The number of anilines is 1. The quantitative estimate of drug-likeness (QED) is 0.235. The van der Waals surface area contributed by atoms with Crippen molar-refractivity contribution in [3.05, 3.63) is 123 Å². The topological polar surface area (TPSA) is 95.5 Å². The molecule has 40 heavy (non-hydrogen) atoms. The van der Waals surface area contributed by atoms with Crippen LogP contribution in [0.1, 0.15) is 10.4 Å². The van der Waals surface area contributed by atoms with E-state index in [-0.39, 0.29) is 5.56 Å². The van der Waals surface area contributed by atoms with E-state index in [1.165, 1.54) is 28.8 Å². The molecular formula is C29H20FIN6O3. The minimum Gasteiger partial charge on any atom is -0.455 e. The van der Waals surface area contributed by atoms with Crippen LogP contribution < -0.4 is 15.6 Å². The van der Waals surface area contributed by atoms with Crippen molar-refractivity contribution in [3.8, 4) is 28.4 Å². The van der Waals surface area contributed by atoms with Gasteiger partial charge in [0.15, 0.2) is 5.75 Å². The van der Waals surface area contributed by atoms with Crippen LogP contribution in [0.2, 0.25) is 0 Å². The lowest BCUT2D eigenvalue weighted by atomic mass is 10.2. The Morgan fingerprint density at radius 2 is 1.80 bits per heavy atom. The van der Waals surface area contributed by atoms with Crippen LogP contribution in [0.25, 0.3) is 22.5 Å². The molecule has 4 heterocycles. The second kappa shape index (κ2) is 10.4. The van der Waals surface area contributed by atoms with Crippen LogP contribution in [0, 0.1) is 9.39 Å². The van der Waals surface area contributed by atoms with E-state index in [4.69, 9.17) is 4.74 Å². The highest BCUT2D eigenvalue weighted by Gasteiger charge is 2.18. The van der Waals surface area contributed by atoms with Crippen molar-refractivity contribution < 1.29 is 13.9 Å². The summed E-state index contributed by atoms with van der Waals surface area (Å²) in [5.74, 6) is 0.177. The molecule has 9 nitrogen and oxygen atoms in total. The van der Waals surface area contributed by atoms with E-state index in [1.54, 1.807) is 53.6 Å². The molecule has 198 valence electrons. The number of nitrogens with one attached hydrogen (secondary N) is 1. The van der Waals surface area contributed by atoms with E-state index in [1.807, 2.05) is 58.7 Å². The van der Waals surface area contributed by atoms with Crippen LogP contribution in [0.15, 0.2) is 103 Å². The fraction of sp³-hybridized carbons (Fsp3) is 0.0345. The Morgan fingerprint density at radius 1 is 1.02 bits per heavy atom. The fourth-order valence-electron chi connectivity index (χ4n) is 4.23. The highest BCUT2D eigenvalue weighted by molar-refractivity contribution is 14.1. The van der Waals surface area contributed by atoms with Gasteiger partial charge in [-0.3, -0.25) is 14.2 Å². The Labute approximate surface area is 240 Å². The van der Waals surface area contributed by atoms with Gasteiger partial charge >= 0.3 is 0 Å². The Hall–Kier alpha value is -4.78. The normalized spacial score (nSPS) is 11.1. The number of pyridine rings is 2. The highest BCUT2D eigenvalue weighted by atomic mass is 127. The molecular weight excluding hydrogens is 626 g/mol. The number of imidazole rings is 1. The highest BCUT2D eigenvalue weighted by Crippen LogP contribution is 2.31. The summed E-state index contributed by atoms with van der Waals surface area (Å²) < 4.78 is 24.9. The third-order valence-electron chi connectivity index (χ3n) is 6.18. The van der Waals surface area contributed by atoms with E-state index in [0.29, 0.717) is 26.4 Å². The second-order valence-corrected chi connectivity index (χ2v) is 10.1. The maximum Gasteiger partial charge on any atom is 0.269 e. The number of carbonyl (C=O) groups is 1. The van der Waals surface area contributed by atoms with Crippen LogP contribution >= 0.6 is 22.6 Å². The first-order valence-corrected chi connectivity index (χ1v) is 13.2. The van der Waals surface area contributed by atoms with Gasteiger partial charge < -0.3 is 14.6 Å². The number of rotatable bonds is 6. The zero-order chi connectivity index (χ0) is 27.8. The average Bonchev–Trinajstić information content (AvgIpc) is 3.60. The largest absolute Gasteiger partial charge is 0.455 e. The molecule has 1 N–H and O–H groups in total. The first-order chi connectivity index (χ1) is 19.4. The maximum atomic E-state index is 13.3. The molecule has 0 aliphatic carbocycles. The SMILES string of the molecule is Cn1cnc(-c2cc(Oc3ccc(NC(=O)c4c(I)ccn(-c5ccc(F)cc5)c4=O)cc3)c3ccnn3c2)c1. The van der Waals surface area contributed by atoms with Gasteiger partial charge in [0.1, 0.15) is 22.6 Å². The molecule has 0 bridgehead atoms. The van der Waals surface area contributed by atoms with Crippen LogP contribution in [-0.2, 0) is 7.05 Å². The zero-order valence-corrected chi connectivity index (χ0v) is 23.1. The lowest BCUT2D eigenvalue weighted by molar-refractivity contribution is 0.102. The molecule has 0 atom stereocenters. The van der Waals surface area contributed by atoms with Crippen LogP contribution in [0.3, 0.4) is 0 Å². The van der Waals surface area contributed by atoms with Crippen molar-refractivity contribution in [2.24, 2.45) is 7.05 Å². The molecule has 6 rings (SSSR count). The van der Waals surface area contributed by atoms with Crippen molar-refractivity contribution in [3.63, 3.8) is 0 Å². The van der Waals surface area contributed by atoms with Gasteiger partial charge in [0.2, 0.25) is 0 Å². The summed E-state index contributed by atoms with van der Waals surface area (Å²) in [6.45, 7) is 0. The number of aromatic nitrogens is 5. The number of carbonyl (C=O) groups excluding carboxylic acids is 1. The Kier molecular flexibility index (Phi) is 6.64. The number of nitrogens with zero attached hydrogens (tertiary/aromatic N) is 5.